The Hall–Kier alpha value is -3.44. The first-order valence-electron chi connectivity index (χ1n) is 8.51. The fraction of sp³-hybridized carbons (Fsp3) is 0.353. The number of aromatic nitrogens is 2. The fourth-order valence-electron chi connectivity index (χ4n) is 2.84. The lowest BCUT2D eigenvalue weighted by Gasteiger charge is -2.36. The topological polar surface area (TPSA) is 105 Å². The van der Waals surface area contributed by atoms with Crippen molar-refractivity contribution in [2.24, 2.45) is 0 Å². The molecular formula is C17H17F3N6O3. The second-order valence-corrected chi connectivity index (χ2v) is 6.73. The molecule has 1 N–H and O–H groups in total. The molecule has 1 aliphatic heterocycles. The highest BCUT2D eigenvalue weighted by Gasteiger charge is 2.33. The van der Waals surface area contributed by atoms with Crippen LogP contribution in [0.5, 0.6) is 0 Å². The van der Waals surface area contributed by atoms with Gasteiger partial charge in [-0.15, -0.1) is 0 Å². The molecule has 3 rings (SSSR count). The number of alkyl halides is 3. The zero-order chi connectivity index (χ0) is 21.5. The molecule has 0 fully saturated rings. The Bertz CT molecular complexity index is 979. The summed E-state index contributed by atoms with van der Waals surface area (Å²) in [5, 5.41) is 13.6. The minimum Gasteiger partial charge on any atom is -0.343 e. The van der Waals surface area contributed by atoms with Crippen LogP contribution in [0, 0.1) is 10.1 Å². The highest BCUT2D eigenvalue weighted by atomic mass is 19.4. The van der Waals surface area contributed by atoms with Crippen LogP contribution >= 0.6 is 0 Å². The molecule has 12 heteroatoms. The Kier molecular flexibility index (Phi) is 5.03. The molecule has 9 nitrogen and oxygen atoms in total. The van der Waals surface area contributed by atoms with Gasteiger partial charge in [-0.2, -0.15) is 18.2 Å². The summed E-state index contributed by atoms with van der Waals surface area (Å²) in [5.41, 5.74) is -1.60. The number of halogens is 3. The number of fused-ring (bicyclic) bond motifs is 1. The third-order valence-corrected chi connectivity index (χ3v) is 4.40. The largest absolute Gasteiger partial charge is 0.416 e. The maximum absolute atomic E-state index is 13.1. The smallest absolute Gasteiger partial charge is 0.343 e. The van der Waals surface area contributed by atoms with Gasteiger partial charge in [0.15, 0.2) is 5.82 Å². The summed E-state index contributed by atoms with van der Waals surface area (Å²) < 4.78 is 39.2. The summed E-state index contributed by atoms with van der Waals surface area (Å²) in [7, 11) is 1.57. The standard InChI is InChI=1S/C17H17F3N6O3/c1-9(2)25-8-14(27)24(3)13-7-21-16(23-15(13)25)22-11-4-10(17(18,19)20)5-12(6-11)26(28)29/h4-7,9H,8H2,1-3H3,(H,21,22,23). The molecule has 2 aromatic rings. The summed E-state index contributed by atoms with van der Waals surface area (Å²) in [5.74, 6) is 0.232. The summed E-state index contributed by atoms with van der Waals surface area (Å²) in [6, 6.07) is 2.10. The van der Waals surface area contributed by atoms with Crippen molar-refractivity contribution < 1.29 is 22.9 Å². The van der Waals surface area contributed by atoms with E-state index in [0.717, 1.165) is 12.1 Å². The van der Waals surface area contributed by atoms with Crippen LogP contribution < -0.4 is 15.1 Å². The molecule has 1 aromatic carbocycles. The third-order valence-electron chi connectivity index (χ3n) is 4.40. The Morgan fingerprint density at radius 1 is 1.28 bits per heavy atom. The number of carbonyl (C=O) groups is 1. The molecule has 0 aliphatic carbocycles. The number of nitrogens with one attached hydrogen (secondary N) is 1. The monoisotopic (exact) mass is 410 g/mol. The van der Waals surface area contributed by atoms with E-state index in [1.54, 1.807) is 11.9 Å². The van der Waals surface area contributed by atoms with E-state index in [1.807, 2.05) is 13.8 Å². The van der Waals surface area contributed by atoms with E-state index in [-0.39, 0.29) is 30.1 Å². The predicted molar refractivity (Wildman–Crippen MR) is 99.3 cm³/mol. The van der Waals surface area contributed by atoms with Crippen LogP contribution in [-0.4, -0.2) is 40.4 Å². The van der Waals surface area contributed by atoms with Crippen LogP contribution in [0.4, 0.5) is 42.0 Å². The highest BCUT2D eigenvalue weighted by molar-refractivity contribution is 6.02. The van der Waals surface area contributed by atoms with E-state index < -0.39 is 22.4 Å². The van der Waals surface area contributed by atoms with E-state index in [1.165, 1.54) is 11.1 Å². The molecular weight excluding hydrogens is 393 g/mol. The van der Waals surface area contributed by atoms with Gasteiger partial charge in [-0.05, 0) is 19.9 Å². The number of amides is 1. The number of hydrogen-bond donors (Lipinski definition) is 1. The number of nitrogens with zero attached hydrogens (tertiary/aromatic N) is 5. The highest BCUT2D eigenvalue weighted by Crippen LogP contribution is 2.36. The maximum Gasteiger partial charge on any atom is 0.416 e. The van der Waals surface area contributed by atoms with E-state index in [0.29, 0.717) is 17.6 Å². The first-order chi connectivity index (χ1) is 13.5. The van der Waals surface area contributed by atoms with Crippen molar-refractivity contribution in [2.75, 3.05) is 28.7 Å². The van der Waals surface area contributed by atoms with E-state index >= 15 is 0 Å². The molecule has 1 amide bonds. The third kappa shape index (κ3) is 4.05. The first-order valence-corrected chi connectivity index (χ1v) is 8.51. The molecule has 154 valence electrons. The number of hydrogen-bond acceptors (Lipinski definition) is 7. The van der Waals surface area contributed by atoms with E-state index in [4.69, 9.17) is 0 Å². The molecule has 2 heterocycles. The molecule has 0 atom stereocenters. The SMILES string of the molecule is CC(C)N1CC(=O)N(C)c2cnc(Nc3cc([N+](=O)[O-])cc(C(F)(F)F)c3)nc21. The van der Waals surface area contributed by atoms with Crippen LogP contribution in [0.25, 0.3) is 0 Å². The Balaban J connectivity index is 2.02. The van der Waals surface area contributed by atoms with Gasteiger partial charge in [-0.3, -0.25) is 14.9 Å². The molecule has 1 aromatic heterocycles. The second-order valence-electron chi connectivity index (χ2n) is 6.73. The quantitative estimate of drug-likeness (QED) is 0.609. The number of anilines is 4. The zero-order valence-corrected chi connectivity index (χ0v) is 15.7. The van der Waals surface area contributed by atoms with Crippen LogP contribution in [0.1, 0.15) is 19.4 Å². The van der Waals surface area contributed by atoms with Crippen molar-refractivity contribution in [1.82, 2.24) is 9.97 Å². The Morgan fingerprint density at radius 3 is 2.55 bits per heavy atom. The summed E-state index contributed by atoms with van der Waals surface area (Å²) in [6.45, 7) is 3.83. The van der Waals surface area contributed by atoms with Crippen molar-refractivity contribution in [1.29, 1.82) is 0 Å². The number of nitro benzene ring substituents is 1. The number of carbonyl (C=O) groups excluding carboxylic acids is 1. The summed E-state index contributed by atoms with van der Waals surface area (Å²) in [4.78, 5) is 33.7. The van der Waals surface area contributed by atoms with Gasteiger partial charge >= 0.3 is 6.18 Å². The van der Waals surface area contributed by atoms with Crippen molar-refractivity contribution in [3.05, 3.63) is 40.1 Å². The van der Waals surface area contributed by atoms with Crippen molar-refractivity contribution >= 4 is 34.7 Å². The van der Waals surface area contributed by atoms with E-state index in [9.17, 15) is 28.1 Å². The zero-order valence-electron chi connectivity index (χ0n) is 15.7. The normalized spacial score (nSPS) is 14.2. The van der Waals surface area contributed by atoms with Crippen LogP contribution in [-0.2, 0) is 11.0 Å². The number of benzene rings is 1. The van der Waals surface area contributed by atoms with Crippen LogP contribution in [0.2, 0.25) is 0 Å². The Morgan fingerprint density at radius 2 is 1.97 bits per heavy atom. The number of rotatable bonds is 4. The Labute approximate surface area is 163 Å². The lowest BCUT2D eigenvalue weighted by molar-refractivity contribution is -0.385. The molecule has 0 unspecified atom stereocenters. The number of non-ortho nitro benzene ring substituents is 1. The van der Waals surface area contributed by atoms with Gasteiger partial charge in [0.1, 0.15) is 5.69 Å². The van der Waals surface area contributed by atoms with Gasteiger partial charge in [-0.25, -0.2) is 4.98 Å². The maximum atomic E-state index is 13.1. The van der Waals surface area contributed by atoms with Gasteiger partial charge in [-0.1, -0.05) is 0 Å². The lowest BCUT2D eigenvalue weighted by atomic mass is 10.1. The minimum absolute atomic E-state index is 0.0502. The molecule has 0 bridgehead atoms. The number of likely N-dealkylation sites (N-methyl/N-ethyl adjacent to an activating group) is 1. The second kappa shape index (κ2) is 7.18. The van der Waals surface area contributed by atoms with Gasteiger partial charge < -0.3 is 15.1 Å². The molecule has 0 radical (unpaired) electrons. The first kappa shape index (κ1) is 20.3. The van der Waals surface area contributed by atoms with Gasteiger partial charge in [0.2, 0.25) is 11.9 Å². The van der Waals surface area contributed by atoms with Crippen molar-refractivity contribution in [3.63, 3.8) is 0 Å². The van der Waals surface area contributed by atoms with Gasteiger partial charge in [0.05, 0.1) is 23.2 Å². The van der Waals surface area contributed by atoms with Gasteiger partial charge in [0, 0.05) is 30.9 Å². The molecule has 0 saturated heterocycles. The van der Waals surface area contributed by atoms with Crippen molar-refractivity contribution in [2.45, 2.75) is 26.1 Å². The minimum atomic E-state index is -4.75. The molecule has 0 spiro atoms. The average Bonchev–Trinajstić information content (AvgIpc) is 2.63. The summed E-state index contributed by atoms with van der Waals surface area (Å²) >= 11 is 0. The molecule has 0 saturated carbocycles. The van der Waals surface area contributed by atoms with Crippen LogP contribution in [0.3, 0.4) is 0 Å². The summed E-state index contributed by atoms with van der Waals surface area (Å²) in [6.07, 6.45) is -3.38. The average molecular weight is 410 g/mol. The number of nitro groups is 1. The fourth-order valence-corrected chi connectivity index (χ4v) is 2.84. The lowest BCUT2D eigenvalue weighted by Crippen LogP contribution is -2.47. The predicted octanol–water partition coefficient (Wildman–Crippen LogP) is 3.34. The van der Waals surface area contributed by atoms with E-state index in [2.05, 4.69) is 15.3 Å². The van der Waals surface area contributed by atoms with Crippen LogP contribution in [0.15, 0.2) is 24.4 Å². The van der Waals surface area contributed by atoms with Gasteiger partial charge in [0.25, 0.3) is 5.69 Å². The molecule has 1 aliphatic rings. The molecule has 29 heavy (non-hydrogen) atoms. The van der Waals surface area contributed by atoms with Crippen molar-refractivity contribution in [3.8, 4) is 0 Å².